The van der Waals surface area contributed by atoms with Gasteiger partial charge in [0, 0.05) is 24.3 Å². The molecule has 1 saturated heterocycles. The van der Waals surface area contributed by atoms with Crippen molar-refractivity contribution in [3.8, 4) is 0 Å². The van der Waals surface area contributed by atoms with Crippen molar-refractivity contribution >= 4 is 29.2 Å². The van der Waals surface area contributed by atoms with Crippen molar-refractivity contribution in [3.63, 3.8) is 0 Å². The molecule has 2 aromatic carbocycles. The number of carbonyl (C=O) groups excluding carboxylic acids is 1. The Morgan fingerprint density at radius 1 is 1.04 bits per heavy atom. The second-order valence-corrected chi connectivity index (χ2v) is 5.88. The van der Waals surface area contributed by atoms with Gasteiger partial charge in [-0.05, 0) is 23.8 Å². The van der Waals surface area contributed by atoms with Crippen molar-refractivity contribution in [2.75, 3.05) is 36.5 Å². The number of hydrogen-bond acceptors (Lipinski definition) is 5. The number of benzene rings is 2. The molecule has 0 aromatic heterocycles. The highest BCUT2D eigenvalue weighted by molar-refractivity contribution is 6.53. The van der Waals surface area contributed by atoms with Gasteiger partial charge in [0.25, 0.3) is 5.91 Å². The zero-order valence-corrected chi connectivity index (χ0v) is 13.7. The number of hydrogen-bond donors (Lipinski definition) is 1. The molecule has 0 saturated carbocycles. The van der Waals surface area contributed by atoms with Gasteiger partial charge in [0.1, 0.15) is 0 Å². The lowest BCUT2D eigenvalue weighted by Gasteiger charge is -2.28. The summed E-state index contributed by atoms with van der Waals surface area (Å²) in [6, 6.07) is 15.6. The molecule has 4 rings (SSSR count). The highest BCUT2D eigenvalue weighted by Gasteiger charge is 2.25. The fourth-order valence-corrected chi connectivity index (χ4v) is 2.95. The molecule has 1 amide bonds. The quantitative estimate of drug-likeness (QED) is 0.692. The summed E-state index contributed by atoms with van der Waals surface area (Å²) in [6.45, 7) is 3.36. The standard InChI is InChI=1S/C19H18N4O2/c24-19-18(16-3-1-2-4-17(16)21-19)22-20-13-14-5-7-15(8-6-14)23-9-11-25-12-10-23/h1-8,13H,9-12H2,(H,21,22,24)/b20-13+. The van der Waals surface area contributed by atoms with E-state index in [1.54, 1.807) is 6.21 Å². The normalized spacial score (nSPS) is 18.6. The number of anilines is 2. The van der Waals surface area contributed by atoms with Gasteiger partial charge in [-0.15, -0.1) is 5.10 Å². The molecule has 2 aromatic rings. The summed E-state index contributed by atoms with van der Waals surface area (Å²) in [5, 5.41) is 11.0. The van der Waals surface area contributed by atoms with Crippen LogP contribution in [0, 0.1) is 0 Å². The fraction of sp³-hybridized carbons (Fsp3) is 0.211. The van der Waals surface area contributed by atoms with Crippen LogP contribution in [-0.4, -0.2) is 44.1 Å². The second-order valence-electron chi connectivity index (χ2n) is 5.88. The van der Waals surface area contributed by atoms with Crippen LogP contribution in [-0.2, 0) is 9.53 Å². The van der Waals surface area contributed by atoms with Crippen LogP contribution in [0.2, 0.25) is 0 Å². The molecule has 0 atom stereocenters. The maximum absolute atomic E-state index is 12.0. The van der Waals surface area contributed by atoms with Crippen molar-refractivity contribution < 1.29 is 9.53 Å². The minimum atomic E-state index is -0.221. The first kappa shape index (κ1) is 15.5. The molecule has 2 aliphatic rings. The van der Waals surface area contributed by atoms with Crippen LogP contribution in [0.5, 0.6) is 0 Å². The number of fused-ring (bicyclic) bond motifs is 1. The lowest BCUT2D eigenvalue weighted by atomic mass is 10.1. The zero-order valence-electron chi connectivity index (χ0n) is 13.7. The largest absolute Gasteiger partial charge is 0.378 e. The second kappa shape index (κ2) is 6.86. The van der Waals surface area contributed by atoms with Gasteiger partial charge in [-0.3, -0.25) is 4.79 Å². The number of carbonyl (C=O) groups is 1. The predicted molar refractivity (Wildman–Crippen MR) is 98.7 cm³/mol. The van der Waals surface area contributed by atoms with Gasteiger partial charge < -0.3 is 15.0 Å². The van der Waals surface area contributed by atoms with Crippen molar-refractivity contribution in [2.24, 2.45) is 10.2 Å². The molecule has 25 heavy (non-hydrogen) atoms. The summed E-state index contributed by atoms with van der Waals surface area (Å²) < 4.78 is 5.37. The molecule has 1 fully saturated rings. The Morgan fingerprint density at radius 2 is 1.80 bits per heavy atom. The summed E-state index contributed by atoms with van der Waals surface area (Å²) >= 11 is 0. The van der Waals surface area contributed by atoms with E-state index in [1.165, 1.54) is 5.69 Å². The Balaban J connectivity index is 1.48. The van der Waals surface area contributed by atoms with Crippen LogP contribution in [0.1, 0.15) is 11.1 Å². The van der Waals surface area contributed by atoms with Gasteiger partial charge in [0.05, 0.1) is 25.1 Å². The molecule has 0 bridgehead atoms. The summed E-state index contributed by atoms with van der Waals surface area (Å²) in [5.74, 6) is -0.221. The van der Waals surface area contributed by atoms with Crippen LogP contribution < -0.4 is 10.2 Å². The molecular formula is C19H18N4O2. The molecule has 0 spiro atoms. The fourth-order valence-electron chi connectivity index (χ4n) is 2.95. The molecule has 126 valence electrons. The summed E-state index contributed by atoms with van der Waals surface area (Å²) in [7, 11) is 0. The SMILES string of the molecule is O=C1Nc2ccccc2/C1=N/N=C/c1ccc(N2CCOCC2)cc1. The molecular weight excluding hydrogens is 316 g/mol. The van der Waals surface area contributed by atoms with Crippen molar-refractivity contribution in [2.45, 2.75) is 0 Å². The third-order valence-electron chi connectivity index (χ3n) is 4.28. The molecule has 0 unspecified atom stereocenters. The van der Waals surface area contributed by atoms with Gasteiger partial charge in [0.2, 0.25) is 0 Å². The Labute approximate surface area is 145 Å². The number of rotatable bonds is 3. The third kappa shape index (κ3) is 3.29. The maximum atomic E-state index is 12.0. The average Bonchev–Trinajstić information content (AvgIpc) is 2.99. The average molecular weight is 334 g/mol. The van der Waals surface area contributed by atoms with Crippen molar-refractivity contribution in [1.29, 1.82) is 0 Å². The lowest BCUT2D eigenvalue weighted by molar-refractivity contribution is -0.110. The lowest BCUT2D eigenvalue weighted by Crippen LogP contribution is -2.36. The van der Waals surface area contributed by atoms with Crippen LogP contribution in [0.3, 0.4) is 0 Å². The van der Waals surface area contributed by atoms with E-state index in [2.05, 4.69) is 32.6 Å². The zero-order chi connectivity index (χ0) is 17.1. The van der Waals surface area contributed by atoms with E-state index in [1.807, 2.05) is 36.4 Å². The van der Waals surface area contributed by atoms with E-state index in [4.69, 9.17) is 4.74 Å². The monoisotopic (exact) mass is 334 g/mol. The van der Waals surface area contributed by atoms with E-state index in [-0.39, 0.29) is 5.91 Å². The van der Waals surface area contributed by atoms with Gasteiger partial charge in [-0.2, -0.15) is 5.10 Å². The van der Waals surface area contributed by atoms with Gasteiger partial charge >= 0.3 is 0 Å². The topological polar surface area (TPSA) is 66.3 Å². The first-order valence-corrected chi connectivity index (χ1v) is 8.26. The Kier molecular flexibility index (Phi) is 4.26. The van der Waals surface area contributed by atoms with E-state index >= 15 is 0 Å². The minimum absolute atomic E-state index is 0.221. The number of para-hydroxylation sites is 1. The van der Waals surface area contributed by atoms with E-state index < -0.39 is 0 Å². The smallest absolute Gasteiger partial charge is 0.276 e. The third-order valence-corrected chi connectivity index (χ3v) is 4.28. The Morgan fingerprint density at radius 3 is 2.60 bits per heavy atom. The first-order valence-electron chi connectivity index (χ1n) is 8.26. The molecule has 1 N–H and O–H groups in total. The molecule has 2 aliphatic heterocycles. The van der Waals surface area contributed by atoms with Crippen LogP contribution >= 0.6 is 0 Å². The molecule has 0 aliphatic carbocycles. The summed E-state index contributed by atoms with van der Waals surface area (Å²) in [5.41, 5.74) is 4.02. The Hall–Kier alpha value is -2.99. The number of nitrogens with zero attached hydrogens (tertiary/aromatic N) is 3. The van der Waals surface area contributed by atoms with Crippen LogP contribution in [0.25, 0.3) is 0 Å². The van der Waals surface area contributed by atoms with Crippen molar-refractivity contribution in [1.82, 2.24) is 0 Å². The van der Waals surface area contributed by atoms with E-state index in [0.717, 1.165) is 43.1 Å². The summed E-state index contributed by atoms with van der Waals surface area (Å²) in [4.78, 5) is 14.3. The molecule has 0 radical (unpaired) electrons. The van der Waals surface area contributed by atoms with E-state index in [0.29, 0.717) is 5.71 Å². The highest BCUT2D eigenvalue weighted by Crippen LogP contribution is 2.22. The number of ether oxygens (including phenoxy) is 1. The molecule has 6 heteroatoms. The Bertz CT molecular complexity index is 837. The van der Waals surface area contributed by atoms with Crippen LogP contribution in [0.4, 0.5) is 11.4 Å². The van der Waals surface area contributed by atoms with Crippen LogP contribution in [0.15, 0.2) is 58.7 Å². The van der Waals surface area contributed by atoms with E-state index in [9.17, 15) is 4.79 Å². The minimum Gasteiger partial charge on any atom is -0.378 e. The van der Waals surface area contributed by atoms with Crippen molar-refractivity contribution in [3.05, 3.63) is 59.7 Å². The van der Waals surface area contributed by atoms with Gasteiger partial charge in [0.15, 0.2) is 5.71 Å². The molecule has 6 nitrogen and oxygen atoms in total. The molecule has 2 heterocycles. The van der Waals surface area contributed by atoms with Gasteiger partial charge in [-0.1, -0.05) is 30.3 Å². The highest BCUT2D eigenvalue weighted by atomic mass is 16.5. The van der Waals surface area contributed by atoms with Gasteiger partial charge in [-0.25, -0.2) is 0 Å². The maximum Gasteiger partial charge on any atom is 0.276 e. The number of nitrogens with one attached hydrogen (secondary N) is 1. The number of amides is 1. The first-order chi connectivity index (χ1) is 12.3. The summed E-state index contributed by atoms with van der Waals surface area (Å²) in [6.07, 6.45) is 1.66. The number of morpholine rings is 1. The predicted octanol–water partition coefficient (Wildman–Crippen LogP) is 2.30.